The Morgan fingerprint density at radius 3 is 3.05 bits per heavy atom. The molecule has 1 aliphatic heterocycles. The number of ether oxygens (including phenoxy) is 1. The first-order valence-corrected chi connectivity index (χ1v) is 7.46. The van der Waals surface area contributed by atoms with Crippen LogP contribution in [0.1, 0.15) is 19.8 Å². The summed E-state index contributed by atoms with van der Waals surface area (Å²) < 4.78 is 6.82. The zero-order chi connectivity index (χ0) is 13.2. The Morgan fingerprint density at radius 1 is 1.37 bits per heavy atom. The van der Waals surface area contributed by atoms with Crippen LogP contribution in [0.2, 0.25) is 0 Å². The lowest BCUT2D eigenvalue weighted by Crippen LogP contribution is -2.30. The largest absolute Gasteiger partial charge is 0.376 e. The summed E-state index contributed by atoms with van der Waals surface area (Å²) in [5.41, 5.74) is 0. The summed E-state index contributed by atoms with van der Waals surface area (Å²) in [5, 5.41) is 5.82. The fraction of sp³-hybridized carbons (Fsp3) is 0.400. The zero-order valence-corrected chi connectivity index (χ0v) is 12.5. The van der Waals surface area contributed by atoms with Crippen LogP contribution in [0, 0.1) is 0 Å². The van der Waals surface area contributed by atoms with Crippen molar-refractivity contribution in [1.82, 2.24) is 4.98 Å². The van der Waals surface area contributed by atoms with Crippen molar-refractivity contribution in [2.45, 2.75) is 31.9 Å². The second kappa shape index (κ2) is 5.47. The predicted molar refractivity (Wildman–Crippen MR) is 81.5 cm³/mol. The molecule has 4 heteroatoms. The molecule has 1 fully saturated rings. The van der Waals surface area contributed by atoms with Gasteiger partial charge in [-0.15, -0.1) is 0 Å². The SMILES string of the molecule is CC(Nc1nccc2c(Br)cccc12)C1CCCO1. The third-order valence-corrected chi connectivity index (χ3v) is 4.33. The van der Waals surface area contributed by atoms with Gasteiger partial charge in [-0.2, -0.15) is 0 Å². The number of aromatic nitrogens is 1. The molecule has 1 aromatic carbocycles. The standard InChI is InChI=1S/C15H17BrN2O/c1-10(14-6-3-9-19-14)18-15-12-4-2-5-13(16)11(12)7-8-17-15/h2,4-5,7-8,10,14H,3,6,9H2,1H3,(H,17,18). The molecule has 1 N–H and O–H groups in total. The topological polar surface area (TPSA) is 34.2 Å². The molecule has 19 heavy (non-hydrogen) atoms. The molecule has 0 aliphatic carbocycles. The van der Waals surface area contributed by atoms with Crippen molar-refractivity contribution < 1.29 is 4.74 Å². The Labute approximate surface area is 121 Å². The van der Waals surface area contributed by atoms with Crippen LogP contribution in [0.3, 0.4) is 0 Å². The maximum Gasteiger partial charge on any atom is 0.134 e. The van der Waals surface area contributed by atoms with Crippen LogP contribution < -0.4 is 5.32 Å². The summed E-state index contributed by atoms with van der Waals surface area (Å²) in [4.78, 5) is 4.47. The minimum absolute atomic E-state index is 0.277. The summed E-state index contributed by atoms with van der Waals surface area (Å²) in [5.74, 6) is 0.932. The van der Waals surface area contributed by atoms with Gasteiger partial charge in [0.05, 0.1) is 12.1 Å². The second-order valence-corrected chi connectivity index (χ2v) is 5.83. The van der Waals surface area contributed by atoms with E-state index >= 15 is 0 Å². The fourth-order valence-corrected chi connectivity index (χ4v) is 3.09. The number of halogens is 1. The molecule has 0 saturated carbocycles. The van der Waals surface area contributed by atoms with Gasteiger partial charge in [0.25, 0.3) is 0 Å². The van der Waals surface area contributed by atoms with E-state index in [0.717, 1.165) is 35.1 Å². The minimum atomic E-state index is 0.277. The molecule has 2 heterocycles. The summed E-state index contributed by atoms with van der Waals surface area (Å²) in [6.07, 6.45) is 4.43. The Morgan fingerprint density at radius 2 is 2.26 bits per heavy atom. The Kier molecular flexibility index (Phi) is 3.71. The number of hydrogen-bond acceptors (Lipinski definition) is 3. The number of nitrogens with zero attached hydrogens (tertiary/aromatic N) is 1. The summed E-state index contributed by atoms with van der Waals surface area (Å²) >= 11 is 3.58. The van der Waals surface area contributed by atoms with Crippen molar-refractivity contribution in [3.63, 3.8) is 0 Å². The van der Waals surface area contributed by atoms with Gasteiger partial charge in [0.2, 0.25) is 0 Å². The smallest absolute Gasteiger partial charge is 0.134 e. The molecule has 0 amide bonds. The van der Waals surface area contributed by atoms with Gasteiger partial charge < -0.3 is 10.1 Å². The van der Waals surface area contributed by atoms with Crippen molar-refractivity contribution >= 4 is 32.5 Å². The van der Waals surface area contributed by atoms with Gasteiger partial charge in [-0.1, -0.05) is 28.1 Å². The minimum Gasteiger partial charge on any atom is -0.376 e. The van der Waals surface area contributed by atoms with Crippen LogP contribution in [-0.4, -0.2) is 23.7 Å². The van der Waals surface area contributed by atoms with Crippen LogP contribution in [0.4, 0.5) is 5.82 Å². The molecule has 0 bridgehead atoms. The molecular weight excluding hydrogens is 304 g/mol. The van der Waals surface area contributed by atoms with Crippen molar-refractivity contribution in [2.75, 3.05) is 11.9 Å². The van der Waals surface area contributed by atoms with Gasteiger partial charge >= 0.3 is 0 Å². The molecule has 2 atom stereocenters. The molecule has 0 spiro atoms. The van der Waals surface area contributed by atoms with E-state index in [1.54, 1.807) is 0 Å². The van der Waals surface area contributed by atoms with Gasteiger partial charge in [-0.25, -0.2) is 4.98 Å². The molecule has 1 aromatic heterocycles. The van der Waals surface area contributed by atoms with E-state index in [4.69, 9.17) is 4.74 Å². The summed E-state index contributed by atoms with van der Waals surface area (Å²) in [6, 6.07) is 8.49. The number of rotatable bonds is 3. The van der Waals surface area contributed by atoms with Crippen molar-refractivity contribution in [2.24, 2.45) is 0 Å². The molecule has 2 unspecified atom stereocenters. The lowest BCUT2D eigenvalue weighted by atomic mass is 10.1. The molecule has 1 saturated heterocycles. The first-order chi connectivity index (χ1) is 9.25. The summed E-state index contributed by atoms with van der Waals surface area (Å²) in [6.45, 7) is 3.04. The Hall–Kier alpha value is -1.13. The van der Waals surface area contributed by atoms with Gasteiger partial charge in [0.1, 0.15) is 5.82 Å². The molecular formula is C15H17BrN2O. The van der Waals surface area contributed by atoms with E-state index in [0.29, 0.717) is 6.10 Å². The van der Waals surface area contributed by atoms with Crippen LogP contribution in [0.25, 0.3) is 10.8 Å². The zero-order valence-electron chi connectivity index (χ0n) is 10.9. The van der Waals surface area contributed by atoms with E-state index in [-0.39, 0.29) is 6.04 Å². The van der Waals surface area contributed by atoms with Crippen LogP contribution in [-0.2, 0) is 4.74 Å². The normalized spacial score (nSPS) is 20.6. The number of pyridine rings is 1. The highest BCUT2D eigenvalue weighted by molar-refractivity contribution is 9.10. The molecule has 1 aliphatic rings. The highest BCUT2D eigenvalue weighted by atomic mass is 79.9. The monoisotopic (exact) mass is 320 g/mol. The maximum atomic E-state index is 5.72. The van der Waals surface area contributed by atoms with Crippen molar-refractivity contribution in [3.8, 4) is 0 Å². The second-order valence-electron chi connectivity index (χ2n) is 4.98. The molecule has 0 radical (unpaired) electrons. The third kappa shape index (κ3) is 2.60. The van der Waals surface area contributed by atoms with E-state index in [2.05, 4.69) is 45.3 Å². The highest BCUT2D eigenvalue weighted by Crippen LogP contribution is 2.28. The number of anilines is 1. The number of benzene rings is 1. The Balaban J connectivity index is 1.90. The van der Waals surface area contributed by atoms with Crippen molar-refractivity contribution in [1.29, 1.82) is 0 Å². The van der Waals surface area contributed by atoms with E-state index in [1.165, 1.54) is 5.39 Å². The molecule has 3 nitrogen and oxygen atoms in total. The molecule has 2 aromatic rings. The van der Waals surface area contributed by atoms with Gasteiger partial charge in [-0.3, -0.25) is 0 Å². The molecule has 100 valence electrons. The Bertz CT molecular complexity index is 581. The van der Waals surface area contributed by atoms with Crippen molar-refractivity contribution in [3.05, 3.63) is 34.9 Å². The van der Waals surface area contributed by atoms with Gasteiger partial charge in [0.15, 0.2) is 0 Å². The predicted octanol–water partition coefficient (Wildman–Crippen LogP) is 3.98. The average Bonchev–Trinajstić information content (AvgIpc) is 2.94. The first kappa shape index (κ1) is 12.9. The van der Waals surface area contributed by atoms with Gasteiger partial charge in [-0.05, 0) is 31.9 Å². The lowest BCUT2D eigenvalue weighted by molar-refractivity contribution is 0.0996. The third-order valence-electron chi connectivity index (χ3n) is 3.64. The van der Waals surface area contributed by atoms with Gasteiger partial charge in [0, 0.05) is 28.0 Å². The fourth-order valence-electron chi connectivity index (χ4n) is 2.59. The number of nitrogens with one attached hydrogen (secondary N) is 1. The highest BCUT2D eigenvalue weighted by Gasteiger charge is 2.22. The van der Waals surface area contributed by atoms with Crippen LogP contribution in [0.15, 0.2) is 34.9 Å². The maximum absolute atomic E-state index is 5.72. The van der Waals surface area contributed by atoms with E-state index < -0.39 is 0 Å². The summed E-state index contributed by atoms with van der Waals surface area (Å²) in [7, 11) is 0. The van der Waals surface area contributed by atoms with Crippen LogP contribution >= 0.6 is 15.9 Å². The first-order valence-electron chi connectivity index (χ1n) is 6.67. The molecule has 3 rings (SSSR count). The number of fused-ring (bicyclic) bond motifs is 1. The van der Waals surface area contributed by atoms with Crippen LogP contribution in [0.5, 0.6) is 0 Å². The average molecular weight is 321 g/mol. The number of hydrogen-bond donors (Lipinski definition) is 1. The van der Waals surface area contributed by atoms with E-state index in [1.807, 2.05) is 18.3 Å². The quantitative estimate of drug-likeness (QED) is 0.928. The van der Waals surface area contributed by atoms with E-state index in [9.17, 15) is 0 Å². The lowest BCUT2D eigenvalue weighted by Gasteiger charge is -2.21.